The minimum absolute atomic E-state index is 0.0291. The summed E-state index contributed by atoms with van der Waals surface area (Å²) < 4.78 is 0. The van der Waals surface area contributed by atoms with E-state index in [2.05, 4.69) is 12.2 Å². The van der Waals surface area contributed by atoms with Crippen molar-refractivity contribution in [3.8, 4) is 0 Å². The Morgan fingerprint density at radius 2 is 1.42 bits per heavy atom. The third-order valence-electron chi connectivity index (χ3n) is 4.39. The second-order valence-corrected chi connectivity index (χ2v) is 6.63. The van der Waals surface area contributed by atoms with E-state index in [0.717, 1.165) is 37.1 Å². The van der Waals surface area contributed by atoms with E-state index in [0.29, 0.717) is 22.2 Å². The molecule has 124 valence electrons. The maximum atomic E-state index is 12.5. The Kier molecular flexibility index (Phi) is 4.56. The van der Waals surface area contributed by atoms with Crippen LogP contribution >= 0.6 is 0 Å². The molecule has 1 heterocycles. The van der Waals surface area contributed by atoms with Crippen LogP contribution in [0.1, 0.15) is 65.7 Å². The predicted molar refractivity (Wildman–Crippen MR) is 94.5 cm³/mol. The maximum absolute atomic E-state index is 12.5. The minimum atomic E-state index is -0.164. The summed E-state index contributed by atoms with van der Waals surface area (Å²) in [5, 5.41) is 0. The zero-order valence-electron chi connectivity index (χ0n) is 14.4. The lowest BCUT2D eigenvalue weighted by Gasteiger charge is -2.14. The molecule has 0 aliphatic heterocycles. The van der Waals surface area contributed by atoms with Crippen molar-refractivity contribution >= 4 is 22.6 Å². The van der Waals surface area contributed by atoms with Gasteiger partial charge in [-0.15, -0.1) is 0 Å². The van der Waals surface area contributed by atoms with Crippen LogP contribution < -0.4 is 0 Å². The largest absolute Gasteiger partial charge is 0.294 e. The highest BCUT2D eigenvalue weighted by atomic mass is 16.1. The average molecular weight is 322 g/mol. The first-order chi connectivity index (χ1) is 11.5. The number of fused-ring (bicyclic) bond motifs is 2. The number of hydrogen-bond acceptors (Lipinski definition) is 4. The van der Waals surface area contributed by atoms with Crippen molar-refractivity contribution in [3.63, 3.8) is 0 Å². The van der Waals surface area contributed by atoms with Crippen LogP contribution in [0.4, 0.5) is 0 Å². The Morgan fingerprint density at radius 1 is 0.917 bits per heavy atom. The van der Waals surface area contributed by atoms with Crippen LogP contribution in [0.3, 0.4) is 0 Å². The van der Waals surface area contributed by atoms with Gasteiger partial charge in [-0.25, -0.2) is 9.97 Å². The molecule has 4 nitrogen and oxygen atoms in total. The maximum Gasteiger partial charge on any atom is 0.166 e. The number of aryl methyl sites for hydroxylation is 2. The van der Waals surface area contributed by atoms with Gasteiger partial charge in [0.05, 0.1) is 22.4 Å². The van der Waals surface area contributed by atoms with E-state index in [1.54, 1.807) is 12.1 Å². The molecule has 0 radical (unpaired) electrons. The number of rotatable bonds is 3. The highest BCUT2D eigenvalue weighted by Gasteiger charge is 2.20. The van der Waals surface area contributed by atoms with Crippen molar-refractivity contribution in [2.75, 3.05) is 0 Å². The summed E-state index contributed by atoms with van der Waals surface area (Å²) in [5.41, 5.74) is 4.32. The number of allylic oxidation sites excluding steroid dienone is 2. The molecule has 3 rings (SSSR count). The number of carbonyl (C=O) groups excluding carboxylic acids is 2. The molecular formula is C20H22N2O2. The smallest absolute Gasteiger partial charge is 0.166 e. The minimum Gasteiger partial charge on any atom is -0.294 e. The van der Waals surface area contributed by atoms with E-state index in [9.17, 15) is 9.59 Å². The summed E-state index contributed by atoms with van der Waals surface area (Å²) >= 11 is 0. The first-order valence-corrected chi connectivity index (χ1v) is 8.51. The van der Waals surface area contributed by atoms with Crippen molar-refractivity contribution in [1.82, 2.24) is 9.97 Å². The molecule has 2 aromatic rings. The van der Waals surface area contributed by atoms with E-state index in [-0.39, 0.29) is 17.5 Å². The first kappa shape index (κ1) is 16.5. The lowest BCUT2D eigenvalue weighted by Crippen LogP contribution is -2.13. The highest BCUT2D eigenvalue weighted by Crippen LogP contribution is 2.24. The van der Waals surface area contributed by atoms with Crippen LogP contribution in [0.15, 0.2) is 24.3 Å². The number of aromatic nitrogens is 2. The van der Waals surface area contributed by atoms with Crippen LogP contribution in [-0.4, -0.2) is 21.5 Å². The molecule has 0 N–H and O–H groups in total. The summed E-state index contributed by atoms with van der Waals surface area (Å²) in [6.07, 6.45) is 7.99. The Labute approximate surface area is 142 Å². The Bertz CT molecular complexity index is 850. The second kappa shape index (κ2) is 6.63. The van der Waals surface area contributed by atoms with Crippen molar-refractivity contribution in [2.45, 2.75) is 46.5 Å². The number of Topliss-reactive ketones (excluding diaryl/α,β-unsaturated/α-hetero) is 2. The molecule has 4 heteroatoms. The normalized spacial score (nSPS) is 15.7. The zero-order valence-corrected chi connectivity index (χ0v) is 14.4. The standard InChI is InChI=1S/C20H22N2O2/c1-12(2)20(24)15-11-19-18(10-14(15)13(3)23)21-16-8-6-4-5-7-9-17(16)22-19/h4-5,10-12H,6-9H2,1-3H3/b5-4+. The molecule has 0 amide bonds. The highest BCUT2D eigenvalue weighted by molar-refractivity contribution is 6.11. The Morgan fingerprint density at radius 3 is 1.88 bits per heavy atom. The zero-order chi connectivity index (χ0) is 17.3. The van der Waals surface area contributed by atoms with Crippen LogP contribution in [0.5, 0.6) is 0 Å². The lowest BCUT2D eigenvalue weighted by molar-refractivity contribution is 0.0927. The third kappa shape index (κ3) is 3.14. The van der Waals surface area contributed by atoms with Gasteiger partial charge in [0.25, 0.3) is 0 Å². The summed E-state index contributed by atoms with van der Waals surface area (Å²) in [6.45, 7) is 5.17. The van der Waals surface area contributed by atoms with Gasteiger partial charge in [0.15, 0.2) is 11.6 Å². The fourth-order valence-electron chi connectivity index (χ4n) is 3.06. The van der Waals surface area contributed by atoms with Gasteiger partial charge in [0, 0.05) is 17.0 Å². The number of benzene rings is 1. The SMILES string of the molecule is CC(=O)c1cc2nc3c(nc2cc1C(=O)C(C)C)CC/C=C/CC3. The van der Waals surface area contributed by atoms with Crippen LogP contribution in [0.2, 0.25) is 0 Å². The number of nitrogens with zero attached hydrogens (tertiary/aromatic N) is 2. The predicted octanol–water partition coefficient (Wildman–Crippen LogP) is 4.11. The Balaban J connectivity index is 2.20. The lowest BCUT2D eigenvalue weighted by atomic mass is 9.93. The molecule has 1 aromatic carbocycles. The summed E-state index contributed by atoms with van der Waals surface area (Å²) in [7, 11) is 0. The molecule has 1 aromatic heterocycles. The van der Waals surface area contributed by atoms with Crippen LogP contribution in [-0.2, 0) is 12.8 Å². The van der Waals surface area contributed by atoms with Gasteiger partial charge in [-0.2, -0.15) is 0 Å². The monoisotopic (exact) mass is 322 g/mol. The number of ketones is 2. The molecule has 0 spiro atoms. The van der Waals surface area contributed by atoms with E-state index in [4.69, 9.17) is 9.97 Å². The Hall–Kier alpha value is -2.36. The van der Waals surface area contributed by atoms with Crippen molar-refractivity contribution in [1.29, 1.82) is 0 Å². The fourth-order valence-corrected chi connectivity index (χ4v) is 3.06. The molecule has 0 fully saturated rings. The van der Waals surface area contributed by atoms with Crippen LogP contribution in [0.25, 0.3) is 11.0 Å². The van der Waals surface area contributed by atoms with Crippen molar-refractivity contribution < 1.29 is 9.59 Å². The average Bonchev–Trinajstić information content (AvgIpc) is 2.52. The van der Waals surface area contributed by atoms with Gasteiger partial charge in [-0.1, -0.05) is 26.0 Å². The van der Waals surface area contributed by atoms with Crippen molar-refractivity contribution in [2.24, 2.45) is 5.92 Å². The van der Waals surface area contributed by atoms with E-state index < -0.39 is 0 Å². The second-order valence-electron chi connectivity index (χ2n) is 6.63. The van der Waals surface area contributed by atoms with Gasteiger partial charge in [0.1, 0.15) is 0 Å². The number of carbonyl (C=O) groups is 2. The van der Waals surface area contributed by atoms with E-state index in [1.807, 2.05) is 13.8 Å². The van der Waals surface area contributed by atoms with E-state index >= 15 is 0 Å². The van der Waals surface area contributed by atoms with Gasteiger partial charge in [-0.05, 0) is 44.7 Å². The van der Waals surface area contributed by atoms with E-state index in [1.165, 1.54) is 6.92 Å². The molecular weight excluding hydrogens is 300 g/mol. The molecule has 0 unspecified atom stereocenters. The quantitative estimate of drug-likeness (QED) is 0.630. The fraction of sp³-hybridized carbons (Fsp3) is 0.400. The first-order valence-electron chi connectivity index (χ1n) is 8.51. The molecule has 0 saturated heterocycles. The van der Waals surface area contributed by atoms with Gasteiger partial charge in [0.2, 0.25) is 0 Å². The molecule has 0 bridgehead atoms. The molecule has 0 atom stereocenters. The van der Waals surface area contributed by atoms with Gasteiger partial charge in [-0.3, -0.25) is 9.59 Å². The van der Waals surface area contributed by atoms with Crippen molar-refractivity contribution in [3.05, 3.63) is 46.8 Å². The molecule has 24 heavy (non-hydrogen) atoms. The molecule has 1 aliphatic rings. The molecule has 0 saturated carbocycles. The summed E-state index contributed by atoms with van der Waals surface area (Å²) in [5.74, 6) is -0.307. The number of hydrogen-bond donors (Lipinski definition) is 0. The van der Waals surface area contributed by atoms with Gasteiger partial charge >= 0.3 is 0 Å². The van der Waals surface area contributed by atoms with Crippen LogP contribution in [0, 0.1) is 5.92 Å². The topological polar surface area (TPSA) is 59.9 Å². The summed E-state index contributed by atoms with van der Waals surface area (Å²) in [4.78, 5) is 34.0. The summed E-state index contributed by atoms with van der Waals surface area (Å²) in [6, 6.07) is 3.48. The van der Waals surface area contributed by atoms with Gasteiger partial charge < -0.3 is 0 Å². The molecule has 1 aliphatic carbocycles. The third-order valence-corrected chi connectivity index (χ3v) is 4.39.